The van der Waals surface area contributed by atoms with Crippen molar-refractivity contribution in [2.75, 3.05) is 32.8 Å². The number of rotatable bonds is 13. The van der Waals surface area contributed by atoms with Gasteiger partial charge in [0.25, 0.3) is 0 Å². The molecule has 1 aromatic heterocycles. The van der Waals surface area contributed by atoms with E-state index < -0.39 is 5.79 Å². The van der Waals surface area contributed by atoms with E-state index in [1.807, 2.05) is 47.2 Å². The largest absolute Gasteiger partial charge is 0.491 e. The number of imidazole rings is 1. The van der Waals surface area contributed by atoms with E-state index in [4.69, 9.17) is 43.1 Å². The zero-order valence-electron chi connectivity index (χ0n) is 22.7. The van der Waals surface area contributed by atoms with Gasteiger partial charge in [-0.05, 0) is 35.4 Å². The van der Waals surface area contributed by atoms with E-state index >= 15 is 0 Å². The van der Waals surface area contributed by atoms with Crippen LogP contribution in [-0.4, -0.2) is 53.4 Å². The summed E-state index contributed by atoms with van der Waals surface area (Å²) in [6.45, 7) is 4.12. The van der Waals surface area contributed by atoms with Crippen LogP contribution >= 0.6 is 23.2 Å². The Kier molecular flexibility index (Phi) is 10.1. The van der Waals surface area contributed by atoms with Crippen LogP contribution in [0, 0.1) is 0 Å². The van der Waals surface area contributed by atoms with Crippen molar-refractivity contribution >= 4 is 29.3 Å². The molecule has 1 aliphatic heterocycles. The normalized spacial score (nSPS) is 18.9. The summed E-state index contributed by atoms with van der Waals surface area (Å²) in [5.74, 6) is -0.315. The first-order valence-corrected chi connectivity index (χ1v) is 14.4. The van der Waals surface area contributed by atoms with Crippen LogP contribution in [0.5, 0.6) is 5.75 Å². The summed E-state index contributed by atoms with van der Waals surface area (Å²) in [5.41, 5.74) is 8.96. The van der Waals surface area contributed by atoms with Gasteiger partial charge in [0.05, 0.1) is 24.5 Å². The Bertz CT molecular complexity index is 1400. The smallest absolute Gasteiger partial charge is 0.215 e. The Balaban J connectivity index is 1.17. The molecule has 5 rings (SSSR count). The monoisotopic (exact) mass is 592 g/mol. The van der Waals surface area contributed by atoms with E-state index in [0.717, 1.165) is 25.4 Å². The number of hydrogen-bond acceptors (Lipinski definition) is 6. The molecular formula is C32H34Cl2N4O3. The fourth-order valence-electron chi connectivity index (χ4n) is 4.83. The first kappa shape index (κ1) is 29.3. The molecule has 4 aromatic rings. The highest BCUT2D eigenvalue weighted by molar-refractivity contribution is 6.35. The molecule has 0 aliphatic carbocycles. The number of benzene rings is 3. The Morgan fingerprint density at radius 1 is 1.10 bits per heavy atom. The van der Waals surface area contributed by atoms with Crippen LogP contribution in [0.3, 0.4) is 0 Å². The summed E-state index contributed by atoms with van der Waals surface area (Å²) in [4.78, 5) is 6.46. The minimum Gasteiger partial charge on any atom is -0.491 e. The number of aromatic nitrogens is 2. The molecule has 9 heteroatoms. The summed E-state index contributed by atoms with van der Waals surface area (Å²) < 4.78 is 20.7. The summed E-state index contributed by atoms with van der Waals surface area (Å²) in [6.07, 6.45) is 9.32. The molecule has 2 atom stereocenters. The van der Waals surface area contributed by atoms with Gasteiger partial charge < -0.3 is 24.5 Å². The molecule has 0 saturated carbocycles. The lowest BCUT2D eigenvalue weighted by Crippen LogP contribution is -2.34. The third-order valence-electron chi connectivity index (χ3n) is 6.84. The second-order valence-electron chi connectivity index (χ2n) is 9.95. The van der Waals surface area contributed by atoms with Crippen molar-refractivity contribution < 1.29 is 14.2 Å². The third kappa shape index (κ3) is 7.98. The summed E-state index contributed by atoms with van der Waals surface area (Å²) >= 11 is 12.7. The third-order valence-corrected chi connectivity index (χ3v) is 7.38. The summed E-state index contributed by atoms with van der Waals surface area (Å²) in [6, 6.07) is 23.8. The van der Waals surface area contributed by atoms with Gasteiger partial charge in [-0.1, -0.05) is 83.9 Å². The number of nitrogens with zero attached hydrogens (tertiary/aromatic N) is 3. The molecule has 0 amide bonds. The highest BCUT2D eigenvalue weighted by atomic mass is 35.5. The quantitative estimate of drug-likeness (QED) is 0.205. The fourth-order valence-corrected chi connectivity index (χ4v) is 5.39. The molecule has 41 heavy (non-hydrogen) atoms. The van der Waals surface area contributed by atoms with E-state index in [2.05, 4.69) is 46.3 Å². The summed E-state index contributed by atoms with van der Waals surface area (Å²) in [5, 5.41) is 1.03. The van der Waals surface area contributed by atoms with Crippen molar-refractivity contribution in [2.45, 2.75) is 25.0 Å². The molecule has 1 saturated heterocycles. The van der Waals surface area contributed by atoms with E-state index in [-0.39, 0.29) is 6.10 Å². The van der Waals surface area contributed by atoms with Crippen molar-refractivity contribution in [2.24, 2.45) is 5.73 Å². The topological polar surface area (TPSA) is 74.8 Å². The maximum Gasteiger partial charge on any atom is 0.215 e. The molecule has 1 aliphatic rings. The highest BCUT2D eigenvalue weighted by Gasteiger charge is 2.45. The molecule has 3 aromatic carbocycles. The highest BCUT2D eigenvalue weighted by Crippen LogP contribution is 2.40. The van der Waals surface area contributed by atoms with Gasteiger partial charge in [0.1, 0.15) is 18.5 Å². The van der Waals surface area contributed by atoms with Crippen LogP contribution in [0.4, 0.5) is 0 Å². The van der Waals surface area contributed by atoms with Crippen LogP contribution in [0.25, 0.3) is 6.08 Å². The zero-order valence-corrected chi connectivity index (χ0v) is 24.3. The number of nitrogens with two attached hydrogens (primary N) is 1. The lowest BCUT2D eigenvalue weighted by Gasteiger charge is -2.30. The Morgan fingerprint density at radius 3 is 2.66 bits per heavy atom. The Labute approximate surface area is 251 Å². The molecule has 0 radical (unpaired) electrons. The fraction of sp³-hybridized carbons (Fsp3) is 0.281. The Morgan fingerprint density at radius 2 is 1.93 bits per heavy atom. The van der Waals surface area contributed by atoms with Gasteiger partial charge in [0, 0.05) is 49.2 Å². The molecule has 7 nitrogen and oxygen atoms in total. The predicted molar refractivity (Wildman–Crippen MR) is 163 cm³/mol. The lowest BCUT2D eigenvalue weighted by molar-refractivity contribution is -0.189. The molecule has 0 spiro atoms. The maximum absolute atomic E-state index is 6.57. The average Bonchev–Trinajstić information content (AvgIpc) is 3.64. The molecule has 2 N–H and O–H groups in total. The van der Waals surface area contributed by atoms with E-state index in [0.29, 0.717) is 41.9 Å². The van der Waals surface area contributed by atoms with Crippen molar-refractivity contribution in [1.82, 2.24) is 14.5 Å². The zero-order chi connectivity index (χ0) is 28.5. The van der Waals surface area contributed by atoms with Crippen molar-refractivity contribution in [3.8, 4) is 5.75 Å². The van der Waals surface area contributed by atoms with E-state index in [1.54, 1.807) is 24.7 Å². The van der Waals surface area contributed by atoms with Crippen molar-refractivity contribution in [1.29, 1.82) is 0 Å². The molecule has 0 bridgehead atoms. The van der Waals surface area contributed by atoms with E-state index in [9.17, 15) is 0 Å². The summed E-state index contributed by atoms with van der Waals surface area (Å²) in [7, 11) is 0. The van der Waals surface area contributed by atoms with Gasteiger partial charge in [-0.25, -0.2) is 4.98 Å². The number of halogens is 2. The molecule has 0 unspecified atom stereocenters. The minimum absolute atomic E-state index is 0.290. The number of ether oxygens (including phenoxy) is 3. The second kappa shape index (κ2) is 14.1. The van der Waals surface area contributed by atoms with Crippen molar-refractivity contribution in [3.05, 3.63) is 124 Å². The van der Waals surface area contributed by atoms with Gasteiger partial charge in [0.2, 0.25) is 5.79 Å². The molecular weight excluding hydrogens is 559 g/mol. The molecule has 2 heterocycles. The van der Waals surface area contributed by atoms with Crippen LogP contribution in [0.2, 0.25) is 10.0 Å². The van der Waals surface area contributed by atoms with Crippen LogP contribution in [-0.2, 0) is 28.4 Å². The average molecular weight is 594 g/mol. The van der Waals surface area contributed by atoms with Gasteiger partial charge in [0.15, 0.2) is 0 Å². The van der Waals surface area contributed by atoms with Crippen LogP contribution in [0.15, 0.2) is 97.6 Å². The predicted octanol–water partition coefficient (Wildman–Crippen LogP) is 6.01. The van der Waals surface area contributed by atoms with Crippen LogP contribution in [0.1, 0.15) is 16.7 Å². The van der Waals surface area contributed by atoms with Gasteiger partial charge in [-0.2, -0.15) is 0 Å². The van der Waals surface area contributed by atoms with Gasteiger partial charge >= 0.3 is 0 Å². The maximum atomic E-state index is 6.57. The standard InChI is InChI=1S/C32H34Cl2N4O3/c33-27-10-13-30(31(34)19-27)32(23-38-18-15-36-24-38)40-22-29(41-32)21-39-28-11-8-26(9-12-28)20-37(17-14-35)16-4-7-25-5-2-1-3-6-25/h1-13,15,18-19,24,29H,14,16-17,20-23,35H2/b7-4+/t29-,32-/m1/s1. The minimum atomic E-state index is -1.08. The van der Waals surface area contributed by atoms with E-state index in [1.165, 1.54) is 11.1 Å². The van der Waals surface area contributed by atoms with Crippen LogP contribution < -0.4 is 10.5 Å². The molecule has 1 fully saturated rings. The first-order valence-electron chi connectivity index (χ1n) is 13.6. The SMILES string of the molecule is NCCN(C/C=C/c1ccccc1)Cc1ccc(OC[C@@H]2CO[C@@](Cn3ccnc3)(c3ccc(Cl)cc3Cl)O2)cc1. The number of hydrogen-bond donors (Lipinski definition) is 1. The van der Waals surface area contributed by atoms with Gasteiger partial charge in [-0.3, -0.25) is 4.90 Å². The van der Waals surface area contributed by atoms with Gasteiger partial charge in [-0.15, -0.1) is 0 Å². The second-order valence-corrected chi connectivity index (χ2v) is 10.8. The Hall–Kier alpha value is -3.17. The molecule has 214 valence electrons. The lowest BCUT2D eigenvalue weighted by atomic mass is 10.1. The van der Waals surface area contributed by atoms with Crippen molar-refractivity contribution in [3.63, 3.8) is 0 Å². The first-order chi connectivity index (χ1) is 20.0.